The van der Waals surface area contributed by atoms with Crippen LogP contribution in [-0.2, 0) is 0 Å². The molecule has 2 heteroatoms. The molecule has 0 aromatic heterocycles. The number of nitrogens with two attached hydrogens (primary N) is 1. The monoisotopic (exact) mass is 91.1 g/mol. The average molecular weight is 91.1 g/mol. The molecule has 0 aromatic carbocycles. The van der Waals surface area contributed by atoms with Crippen LogP contribution in [0.25, 0.3) is 0 Å². The maximum absolute atomic E-state index is 5.30. The van der Waals surface area contributed by atoms with E-state index in [1.807, 2.05) is 6.92 Å². The summed E-state index contributed by atoms with van der Waals surface area (Å²) < 4.78 is 0. The smallest absolute Gasteiger partial charge is 0.0182 e. The molecule has 0 fully saturated rings. The lowest BCUT2D eigenvalue weighted by Gasteiger charge is -1.92. The SMILES string of the molecule is CPC(C)N. The summed E-state index contributed by atoms with van der Waals surface area (Å²) in [5.41, 5.74) is 5.30. The van der Waals surface area contributed by atoms with Gasteiger partial charge in [0, 0.05) is 5.78 Å². The fourth-order valence-electron chi connectivity index (χ4n) is 0. The van der Waals surface area contributed by atoms with Crippen LogP contribution in [0.15, 0.2) is 0 Å². The van der Waals surface area contributed by atoms with Gasteiger partial charge in [0.2, 0.25) is 0 Å². The van der Waals surface area contributed by atoms with E-state index < -0.39 is 0 Å². The lowest BCUT2D eigenvalue weighted by Crippen LogP contribution is -2.05. The molecule has 2 N–H and O–H groups in total. The highest BCUT2D eigenvalue weighted by atomic mass is 31.1. The zero-order valence-corrected chi connectivity index (χ0v) is 4.65. The minimum atomic E-state index is 0.412. The fraction of sp³-hybridized carbons (Fsp3) is 1.00. The van der Waals surface area contributed by atoms with Gasteiger partial charge in [0.1, 0.15) is 0 Å². The van der Waals surface area contributed by atoms with Crippen molar-refractivity contribution >= 4 is 8.58 Å². The second-order valence-electron chi connectivity index (χ2n) is 1.08. The van der Waals surface area contributed by atoms with Crippen LogP contribution in [0.5, 0.6) is 0 Å². The molecule has 0 amide bonds. The molecule has 0 aromatic rings. The van der Waals surface area contributed by atoms with Crippen LogP contribution in [0.2, 0.25) is 0 Å². The van der Waals surface area contributed by atoms with Crippen molar-refractivity contribution in [1.29, 1.82) is 0 Å². The molecule has 0 rings (SSSR count). The van der Waals surface area contributed by atoms with Crippen molar-refractivity contribution < 1.29 is 0 Å². The molecule has 0 bridgehead atoms. The Balaban J connectivity index is 2.54. The van der Waals surface area contributed by atoms with Gasteiger partial charge in [0.05, 0.1) is 0 Å². The molecule has 0 aliphatic heterocycles. The van der Waals surface area contributed by atoms with Gasteiger partial charge in [0.25, 0.3) is 0 Å². The van der Waals surface area contributed by atoms with Crippen molar-refractivity contribution in [3.05, 3.63) is 0 Å². The van der Waals surface area contributed by atoms with E-state index in [1.54, 1.807) is 0 Å². The van der Waals surface area contributed by atoms with Crippen molar-refractivity contribution in [2.24, 2.45) is 5.73 Å². The first-order chi connectivity index (χ1) is 2.27. The van der Waals surface area contributed by atoms with Crippen molar-refractivity contribution in [3.63, 3.8) is 0 Å². The lowest BCUT2D eigenvalue weighted by atomic mass is 10.8. The molecule has 0 saturated carbocycles. The van der Waals surface area contributed by atoms with E-state index in [4.69, 9.17) is 5.73 Å². The summed E-state index contributed by atoms with van der Waals surface area (Å²) >= 11 is 0. The third-order valence-electron chi connectivity index (χ3n) is 0.455. The molecule has 0 aliphatic rings. The highest BCUT2D eigenvalue weighted by Crippen LogP contribution is 2.03. The van der Waals surface area contributed by atoms with Gasteiger partial charge < -0.3 is 5.73 Å². The first-order valence-corrected chi connectivity index (χ1v) is 3.28. The molecule has 5 heavy (non-hydrogen) atoms. The quantitative estimate of drug-likeness (QED) is 0.470. The Bertz CT molecular complexity index is 20.9. The summed E-state index contributed by atoms with van der Waals surface area (Å²) in [6.07, 6.45) is 0. The summed E-state index contributed by atoms with van der Waals surface area (Å²) in [6.45, 7) is 4.11. The van der Waals surface area contributed by atoms with Crippen LogP contribution >= 0.6 is 8.58 Å². The normalized spacial score (nSPS) is 17.4. The zero-order chi connectivity index (χ0) is 4.28. The van der Waals surface area contributed by atoms with E-state index in [1.165, 1.54) is 0 Å². The predicted molar refractivity (Wildman–Crippen MR) is 27.9 cm³/mol. The Hall–Kier alpha value is 0.390. The molecule has 32 valence electrons. The molecule has 1 nitrogen and oxygen atoms in total. The minimum absolute atomic E-state index is 0.412. The van der Waals surface area contributed by atoms with Crippen molar-refractivity contribution in [1.82, 2.24) is 0 Å². The molecular weight excluding hydrogens is 81.0 g/mol. The minimum Gasteiger partial charge on any atom is -0.325 e. The maximum atomic E-state index is 5.30. The predicted octanol–water partition coefficient (Wildman–Crippen LogP) is 0.599. The first kappa shape index (κ1) is 5.39. The number of rotatable bonds is 1. The van der Waals surface area contributed by atoms with Crippen LogP contribution in [0.4, 0.5) is 0 Å². The van der Waals surface area contributed by atoms with E-state index >= 15 is 0 Å². The Morgan fingerprint density at radius 3 is 2.00 bits per heavy atom. The van der Waals surface area contributed by atoms with Crippen molar-refractivity contribution in [3.8, 4) is 0 Å². The molecule has 2 unspecified atom stereocenters. The highest BCUT2D eigenvalue weighted by Gasteiger charge is 1.78. The fourth-order valence-corrected chi connectivity index (χ4v) is 0. The summed E-state index contributed by atoms with van der Waals surface area (Å²) in [4.78, 5) is 0. The summed E-state index contributed by atoms with van der Waals surface area (Å²) in [7, 11) is 0.892. The first-order valence-electron chi connectivity index (χ1n) is 1.70. The molecule has 0 aliphatic carbocycles. The maximum Gasteiger partial charge on any atom is 0.0182 e. The van der Waals surface area contributed by atoms with Gasteiger partial charge in [-0.15, -0.1) is 8.58 Å². The molecule has 0 heterocycles. The molecule has 0 saturated heterocycles. The standard InChI is InChI=1S/C3H10NP/c1-3(4)5-2/h3,5H,4H2,1-2H3. The van der Waals surface area contributed by atoms with Crippen LogP contribution < -0.4 is 5.73 Å². The van der Waals surface area contributed by atoms with Gasteiger partial charge in [-0.05, 0) is 13.6 Å². The third kappa shape index (κ3) is 4.39. The van der Waals surface area contributed by atoms with E-state index in [-0.39, 0.29) is 0 Å². The van der Waals surface area contributed by atoms with Gasteiger partial charge in [-0.2, -0.15) is 0 Å². The van der Waals surface area contributed by atoms with E-state index in [9.17, 15) is 0 Å². The second-order valence-corrected chi connectivity index (χ2v) is 2.57. The number of hydrogen-bond acceptors (Lipinski definition) is 1. The van der Waals surface area contributed by atoms with Crippen LogP contribution in [0.3, 0.4) is 0 Å². The van der Waals surface area contributed by atoms with Gasteiger partial charge in [-0.1, -0.05) is 0 Å². The zero-order valence-electron chi connectivity index (χ0n) is 3.65. The van der Waals surface area contributed by atoms with Gasteiger partial charge in [0.15, 0.2) is 0 Å². The van der Waals surface area contributed by atoms with Crippen LogP contribution in [0.1, 0.15) is 6.92 Å². The Morgan fingerprint density at radius 1 is 1.80 bits per heavy atom. The van der Waals surface area contributed by atoms with Gasteiger partial charge >= 0.3 is 0 Å². The van der Waals surface area contributed by atoms with E-state index in [2.05, 4.69) is 6.66 Å². The lowest BCUT2D eigenvalue weighted by molar-refractivity contribution is 1.04. The Kier molecular flexibility index (Phi) is 2.82. The topological polar surface area (TPSA) is 26.0 Å². The molecule has 0 spiro atoms. The average Bonchev–Trinajstić information content (AvgIpc) is 1.38. The van der Waals surface area contributed by atoms with Crippen LogP contribution in [0, 0.1) is 0 Å². The van der Waals surface area contributed by atoms with Gasteiger partial charge in [-0.25, -0.2) is 0 Å². The molecule has 0 radical (unpaired) electrons. The second kappa shape index (κ2) is 2.62. The summed E-state index contributed by atoms with van der Waals surface area (Å²) in [6, 6.07) is 0. The summed E-state index contributed by atoms with van der Waals surface area (Å²) in [5, 5.41) is 0. The van der Waals surface area contributed by atoms with Crippen LogP contribution in [-0.4, -0.2) is 12.4 Å². The highest BCUT2D eigenvalue weighted by molar-refractivity contribution is 7.37. The van der Waals surface area contributed by atoms with E-state index in [0.717, 1.165) is 8.58 Å². The largest absolute Gasteiger partial charge is 0.325 e. The van der Waals surface area contributed by atoms with Crippen molar-refractivity contribution in [2.75, 3.05) is 6.66 Å². The summed E-state index contributed by atoms with van der Waals surface area (Å²) in [5.74, 6) is 0.412. The molecular formula is C3H10NP. The Morgan fingerprint density at radius 2 is 2.00 bits per heavy atom. The van der Waals surface area contributed by atoms with Crippen molar-refractivity contribution in [2.45, 2.75) is 12.7 Å². The molecule has 2 atom stereocenters. The third-order valence-corrected chi connectivity index (χ3v) is 1.37. The number of hydrogen-bond donors (Lipinski definition) is 1. The Labute approximate surface area is 34.7 Å². The van der Waals surface area contributed by atoms with Gasteiger partial charge in [-0.3, -0.25) is 0 Å². The van der Waals surface area contributed by atoms with E-state index in [0.29, 0.717) is 5.78 Å².